The van der Waals surface area contributed by atoms with Gasteiger partial charge in [0.05, 0.1) is 13.7 Å². The van der Waals surface area contributed by atoms with E-state index in [0.29, 0.717) is 23.0 Å². The number of hydrogen-bond acceptors (Lipinski definition) is 4. The largest absolute Gasteiger partial charge is 0.493 e. The summed E-state index contributed by atoms with van der Waals surface area (Å²) in [5.41, 5.74) is 0. The first-order valence-corrected chi connectivity index (χ1v) is 7.95. The Hall–Kier alpha value is -1.75. The summed E-state index contributed by atoms with van der Waals surface area (Å²) in [6.45, 7) is 2.83. The molecule has 1 N–H and O–H groups in total. The highest BCUT2D eigenvalue weighted by Crippen LogP contribution is 2.36. The van der Waals surface area contributed by atoms with Gasteiger partial charge in [-0.05, 0) is 23.9 Å². The van der Waals surface area contributed by atoms with Gasteiger partial charge in [-0.2, -0.15) is 0 Å². The molecule has 0 bridgehead atoms. The van der Waals surface area contributed by atoms with Gasteiger partial charge in [-0.15, -0.1) is 11.3 Å². The van der Waals surface area contributed by atoms with Crippen LogP contribution >= 0.6 is 11.3 Å². The molecule has 1 aromatic carbocycles. The van der Waals surface area contributed by atoms with E-state index in [0.717, 1.165) is 22.9 Å². The predicted octanol–water partition coefficient (Wildman–Crippen LogP) is 4.57. The van der Waals surface area contributed by atoms with E-state index in [1.165, 1.54) is 24.2 Å². The molecule has 2 aromatic rings. The Labute approximate surface area is 128 Å². The second kappa shape index (κ2) is 7.31. The minimum atomic E-state index is -0.905. The molecule has 0 aliphatic carbocycles. The number of hydrogen-bond donors (Lipinski definition) is 1. The summed E-state index contributed by atoms with van der Waals surface area (Å²) < 4.78 is 12.0. The molecule has 1 heterocycles. The number of aromatic carboxylic acids is 1. The Morgan fingerprint density at radius 1 is 1.19 bits per heavy atom. The van der Waals surface area contributed by atoms with Gasteiger partial charge in [-0.1, -0.05) is 26.2 Å². The number of thiophene rings is 1. The maximum atomic E-state index is 11.0. The lowest BCUT2D eigenvalue weighted by Gasteiger charge is -2.10. The number of unbranched alkanes of at least 4 members (excludes halogenated alkanes) is 3. The van der Waals surface area contributed by atoms with Crippen LogP contribution < -0.4 is 9.47 Å². The van der Waals surface area contributed by atoms with Crippen LogP contribution in [0, 0.1) is 0 Å². The SMILES string of the molecule is CCCCCCOc1cc2sc(C(=O)O)cc2cc1OC. The average Bonchev–Trinajstić information content (AvgIpc) is 2.89. The number of carbonyl (C=O) groups is 1. The van der Waals surface area contributed by atoms with E-state index < -0.39 is 5.97 Å². The zero-order chi connectivity index (χ0) is 15.2. The third-order valence-corrected chi connectivity index (χ3v) is 4.35. The number of methoxy groups -OCH3 is 1. The zero-order valence-corrected chi connectivity index (χ0v) is 13.2. The van der Waals surface area contributed by atoms with Gasteiger partial charge in [-0.3, -0.25) is 0 Å². The van der Waals surface area contributed by atoms with Crippen LogP contribution in [0.15, 0.2) is 18.2 Å². The number of carboxylic acids is 1. The van der Waals surface area contributed by atoms with Crippen molar-refractivity contribution >= 4 is 27.4 Å². The van der Waals surface area contributed by atoms with Crippen LogP contribution in [0.5, 0.6) is 11.5 Å². The van der Waals surface area contributed by atoms with Crippen LogP contribution in [-0.2, 0) is 0 Å². The number of ether oxygens (including phenoxy) is 2. The van der Waals surface area contributed by atoms with Gasteiger partial charge in [-0.25, -0.2) is 4.79 Å². The molecular weight excluding hydrogens is 288 g/mol. The highest BCUT2D eigenvalue weighted by Gasteiger charge is 2.13. The van der Waals surface area contributed by atoms with Crippen molar-refractivity contribution in [2.75, 3.05) is 13.7 Å². The smallest absolute Gasteiger partial charge is 0.345 e. The van der Waals surface area contributed by atoms with E-state index in [4.69, 9.17) is 14.6 Å². The van der Waals surface area contributed by atoms with E-state index in [1.54, 1.807) is 13.2 Å². The number of rotatable bonds is 8. The van der Waals surface area contributed by atoms with Gasteiger partial charge in [0.15, 0.2) is 11.5 Å². The highest BCUT2D eigenvalue weighted by molar-refractivity contribution is 7.20. The van der Waals surface area contributed by atoms with Gasteiger partial charge in [0, 0.05) is 10.8 Å². The van der Waals surface area contributed by atoms with Crippen molar-refractivity contribution in [3.05, 3.63) is 23.1 Å². The summed E-state index contributed by atoms with van der Waals surface area (Å²) in [6.07, 6.45) is 4.58. The molecule has 1 aromatic heterocycles. The Kier molecular flexibility index (Phi) is 5.44. The molecule has 0 amide bonds. The fourth-order valence-corrected chi connectivity index (χ4v) is 3.05. The monoisotopic (exact) mass is 308 g/mol. The Morgan fingerprint density at radius 3 is 2.67 bits per heavy atom. The predicted molar refractivity (Wildman–Crippen MR) is 85.0 cm³/mol. The lowest BCUT2D eigenvalue weighted by molar-refractivity contribution is 0.0702. The molecule has 0 radical (unpaired) electrons. The number of fused-ring (bicyclic) bond motifs is 1. The maximum absolute atomic E-state index is 11.0. The Balaban J connectivity index is 2.15. The van der Waals surface area contributed by atoms with Gasteiger partial charge in [0.25, 0.3) is 0 Å². The lowest BCUT2D eigenvalue weighted by atomic mass is 10.2. The first-order valence-electron chi connectivity index (χ1n) is 7.13. The first kappa shape index (κ1) is 15.6. The third-order valence-electron chi connectivity index (χ3n) is 3.27. The van der Waals surface area contributed by atoms with Gasteiger partial charge in [0.1, 0.15) is 4.88 Å². The summed E-state index contributed by atoms with van der Waals surface area (Å²) in [5.74, 6) is 0.421. The van der Waals surface area contributed by atoms with Gasteiger partial charge < -0.3 is 14.6 Å². The molecule has 5 heteroatoms. The van der Waals surface area contributed by atoms with Crippen molar-refractivity contribution in [2.45, 2.75) is 32.6 Å². The van der Waals surface area contributed by atoms with Crippen molar-refractivity contribution in [1.82, 2.24) is 0 Å². The summed E-state index contributed by atoms with van der Waals surface area (Å²) in [7, 11) is 1.59. The van der Waals surface area contributed by atoms with Crippen molar-refractivity contribution in [2.24, 2.45) is 0 Å². The fourth-order valence-electron chi connectivity index (χ4n) is 2.14. The van der Waals surface area contributed by atoms with Crippen LogP contribution in [0.1, 0.15) is 42.3 Å². The van der Waals surface area contributed by atoms with Crippen LogP contribution in [-0.4, -0.2) is 24.8 Å². The average molecular weight is 308 g/mol. The van der Waals surface area contributed by atoms with Crippen molar-refractivity contribution in [3.63, 3.8) is 0 Å². The van der Waals surface area contributed by atoms with E-state index in [9.17, 15) is 4.79 Å². The molecular formula is C16H20O4S. The zero-order valence-electron chi connectivity index (χ0n) is 12.3. The summed E-state index contributed by atoms with van der Waals surface area (Å²) >= 11 is 1.25. The molecule has 4 nitrogen and oxygen atoms in total. The second-order valence-electron chi connectivity index (χ2n) is 4.87. The Bertz CT molecular complexity index is 618. The van der Waals surface area contributed by atoms with Crippen molar-refractivity contribution in [3.8, 4) is 11.5 Å². The molecule has 21 heavy (non-hydrogen) atoms. The topological polar surface area (TPSA) is 55.8 Å². The minimum absolute atomic E-state index is 0.326. The summed E-state index contributed by atoms with van der Waals surface area (Å²) in [4.78, 5) is 11.4. The number of carboxylic acid groups (broad SMARTS) is 1. The van der Waals surface area contributed by atoms with E-state index >= 15 is 0 Å². The van der Waals surface area contributed by atoms with E-state index in [-0.39, 0.29) is 0 Å². The maximum Gasteiger partial charge on any atom is 0.345 e. The minimum Gasteiger partial charge on any atom is -0.493 e. The molecule has 0 saturated carbocycles. The fraction of sp³-hybridized carbons (Fsp3) is 0.438. The quantitative estimate of drug-likeness (QED) is 0.726. The normalized spacial score (nSPS) is 10.8. The van der Waals surface area contributed by atoms with Crippen LogP contribution in [0.4, 0.5) is 0 Å². The van der Waals surface area contributed by atoms with Crippen LogP contribution in [0.2, 0.25) is 0 Å². The van der Waals surface area contributed by atoms with Crippen LogP contribution in [0.3, 0.4) is 0 Å². The molecule has 0 aliphatic heterocycles. The van der Waals surface area contributed by atoms with E-state index in [2.05, 4.69) is 6.92 Å². The molecule has 0 atom stereocenters. The highest BCUT2D eigenvalue weighted by atomic mass is 32.1. The Morgan fingerprint density at radius 2 is 2.00 bits per heavy atom. The molecule has 0 aliphatic rings. The lowest BCUT2D eigenvalue weighted by Crippen LogP contribution is -1.99. The first-order chi connectivity index (χ1) is 10.2. The van der Waals surface area contributed by atoms with Crippen molar-refractivity contribution in [1.29, 1.82) is 0 Å². The third kappa shape index (κ3) is 3.88. The molecule has 0 fully saturated rings. The summed E-state index contributed by atoms with van der Waals surface area (Å²) in [6, 6.07) is 5.36. The molecule has 0 spiro atoms. The molecule has 0 unspecified atom stereocenters. The molecule has 2 rings (SSSR count). The number of benzene rings is 1. The van der Waals surface area contributed by atoms with E-state index in [1.807, 2.05) is 12.1 Å². The van der Waals surface area contributed by atoms with Gasteiger partial charge in [0.2, 0.25) is 0 Å². The van der Waals surface area contributed by atoms with Crippen LogP contribution in [0.25, 0.3) is 10.1 Å². The molecule has 114 valence electrons. The van der Waals surface area contributed by atoms with Gasteiger partial charge >= 0.3 is 5.97 Å². The second-order valence-corrected chi connectivity index (χ2v) is 5.95. The molecule has 0 saturated heterocycles. The summed E-state index contributed by atoms with van der Waals surface area (Å²) in [5, 5.41) is 9.92. The van der Waals surface area contributed by atoms with Crippen molar-refractivity contribution < 1.29 is 19.4 Å². The standard InChI is InChI=1S/C16H20O4S/c1-3-4-5-6-7-20-13-10-14-11(8-12(13)19-2)9-15(21-14)16(17)18/h8-10H,3-7H2,1-2H3,(H,17,18).